The molecule has 0 spiro atoms. The average molecular weight is 287 g/mol. The van der Waals surface area contributed by atoms with Gasteiger partial charge in [-0.1, -0.05) is 15.9 Å². The van der Waals surface area contributed by atoms with Crippen LogP contribution in [0.5, 0.6) is 0 Å². The van der Waals surface area contributed by atoms with Crippen LogP contribution >= 0.6 is 15.9 Å². The van der Waals surface area contributed by atoms with E-state index in [1.165, 1.54) is 5.56 Å². The second kappa shape index (κ2) is 6.89. The van der Waals surface area contributed by atoms with Crippen molar-refractivity contribution in [3.63, 3.8) is 0 Å². The fraction of sp³-hybridized carbons (Fsp3) is 0.500. The Morgan fingerprint density at radius 1 is 1.44 bits per heavy atom. The maximum atomic E-state index is 5.77. The summed E-state index contributed by atoms with van der Waals surface area (Å²) in [5, 5.41) is 0. The fourth-order valence-electron chi connectivity index (χ4n) is 1.56. The molecule has 0 fully saturated rings. The van der Waals surface area contributed by atoms with Gasteiger partial charge in [0.15, 0.2) is 0 Å². The maximum absolute atomic E-state index is 5.77. The first-order valence-corrected chi connectivity index (χ1v) is 6.14. The molecule has 16 heavy (non-hydrogen) atoms. The molecule has 2 N–H and O–H groups in total. The largest absolute Gasteiger partial charge is 0.399 e. The molecule has 0 radical (unpaired) electrons. The topological polar surface area (TPSA) is 38.5 Å². The standard InChI is InChI=1S/C12H19BrN2O/c1-15(6-3-7-16-2)9-10-8-11(14)4-5-12(10)13/h4-5,8H,3,6-7,9,14H2,1-2H3. The second-order valence-electron chi connectivity index (χ2n) is 3.93. The minimum atomic E-state index is 0.808. The Hall–Kier alpha value is -0.580. The first kappa shape index (κ1) is 13.5. The molecule has 3 nitrogen and oxygen atoms in total. The number of rotatable bonds is 6. The Bertz CT molecular complexity index is 331. The summed E-state index contributed by atoms with van der Waals surface area (Å²) >= 11 is 3.53. The molecule has 0 bridgehead atoms. The van der Waals surface area contributed by atoms with E-state index < -0.39 is 0 Å². The highest BCUT2D eigenvalue weighted by atomic mass is 79.9. The van der Waals surface area contributed by atoms with Gasteiger partial charge in [-0.25, -0.2) is 0 Å². The Morgan fingerprint density at radius 2 is 2.19 bits per heavy atom. The first-order chi connectivity index (χ1) is 7.63. The number of nitrogen functional groups attached to an aromatic ring is 1. The van der Waals surface area contributed by atoms with Gasteiger partial charge in [0.1, 0.15) is 0 Å². The van der Waals surface area contributed by atoms with Gasteiger partial charge in [-0.05, 0) is 37.2 Å². The number of nitrogens with zero attached hydrogens (tertiary/aromatic N) is 1. The molecule has 0 aliphatic carbocycles. The van der Waals surface area contributed by atoms with Crippen LogP contribution in [0.4, 0.5) is 5.69 Å². The summed E-state index contributed by atoms with van der Waals surface area (Å²) in [5.74, 6) is 0. The van der Waals surface area contributed by atoms with Crippen molar-refractivity contribution < 1.29 is 4.74 Å². The summed E-state index contributed by atoms with van der Waals surface area (Å²) in [6.45, 7) is 2.73. The van der Waals surface area contributed by atoms with Crippen molar-refractivity contribution in [1.29, 1.82) is 0 Å². The normalized spacial score (nSPS) is 11.0. The SMILES string of the molecule is COCCCN(C)Cc1cc(N)ccc1Br. The van der Waals surface area contributed by atoms with E-state index in [1.54, 1.807) is 7.11 Å². The zero-order valence-corrected chi connectivity index (χ0v) is 11.5. The summed E-state index contributed by atoms with van der Waals surface area (Å²) in [5.41, 5.74) is 7.80. The molecule has 0 saturated carbocycles. The lowest BCUT2D eigenvalue weighted by atomic mass is 10.2. The summed E-state index contributed by atoms with van der Waals surface area (Å²) in [7, 11) is 3.83. The summed E-state index contributed by atoms with van der Waals surface area (Å²) in [6.07, 6.45) is 1.05. The maximum Gasteiger partial charge on any atom is 0.0474 e. The number of hydrogen-bond acceptors (Lipinski definition) is 3. The van der Waals surface area contributed by atoms with E-state index in [2.05, 4.69) is 27.9 Å². The molecule has 4 heteroatoms. The van der Waals surface area contributed by atoms with Crippen LogP contribution in [-0.4, -0.2) is 32.2 Å². The molecule has 1 aromatic carbocycles. The van der Waals surface area contributed by atoms with Gasteiger partial charge < -0.3 is 15.4 Å². The molecule has 0 atom stereocenters. The van der Waals surface area contributed by atoms with Crippen molar-refractivity contribution in [3.05, 3.63) is 28.2 Å². The first-order valence-electron chi connectivity index (χ1n) is 5.35. The number of benzene rings is 1. The minimum absolute atomic E-state index is 0.808. The van der Waals surface area contributed by atoms with E-state index >= 15 is 0 Å². The molecule has 0 amide bonds. The monoisotopic (exact) mass is 286 g/mol. The Kier molecular flexibility index (Phi) is 5.80. The highest BCUT2D eigenvalue weighted by Gasteiger charge is 2.04. The zero-order chi connectivity index (χ0) is 12.0. The van der Waals surface area contributed by atoms with Crippen LogP contribution in [0.2, 0.25) is 0 Å². The molecule has 0 saturated heterocycles. The van der Waals surface area contributed by atoms with Crippen LogP contribution in [0.3, 0.4) is 0 Å². The van der Waals surface area contributed by atoms with Gasteiger partial charge in [0, 0.05) is 37.0 Å². The van der Waals surface area contributed by atoms with Gasteiger partial charge in [-0.15, -0.1) is 0 Å². The summed E-state index contributed by atoms with van der Waals surface area (Å²) < 4.78 is 6.14. The second-order valence-corrected chi connectivity index (χ2v) is 4.79. The Morgan fingerprint density at radius 3 is 2.88 bits per heavy atom. The van der Waals surface area contributed by atoms with Crippen LogP contribution in [0.1, 0.15) is 12.0 Å². The van der Waals surface area contributed by atoms with Crippen molar-refractivity contribution in [1.82, 2.24) is 4.90 Å². The van der Waals surface area contributed by atoms with Crippen molar-refractivity contribution in [2.45, 2.75) is 13.0 Å². The Labute approximate surface area is 106 Å². The summed E-state index contributed by atoms with van der Waals surface area (Å²) in [4.78, 5) is 2.26. The smallest absolute Gasteiger partial charge is 0.0474 e. The van der Waals surface area contributed by atoms with E-state index in [-0.39, 0.29) is 0 Å². The highest BCUT2D eigenvalue weighted by molar-refractivity contribution is 9.10. The van der Waals surface area contributed by atoms with E-state index in [0.717, 1.165) is 36.3 Å². The average Bonchev–Trinajstić information content (AvgIpc) is 2.24. The van der Waals surface area contributed by atoms with E-state index in [9.17, 15) is 0 Å². The van der Waals surface area contributed by atoms with Crippen LogP contribution < -0.4 is 5.73 Å². The third-order valence-corrected chi connectivity index (χ3v) is 3.17. The van der Waals surface area contributed by atoms with E-state index in [4.69, 9.17) is 10.5 Å². The third kappa shape index (κ3) is 4.51. The highest BCUT2D eigenvalue weighted by Crippen LogP contribution is 2.20. The molecule has 0 unspecified atom stereocenters. The van der Waals surface area contributed by atoms with Crippen molar-refractivity contribution >= 4 is 21.6 Å². The van der Waals surface area contributed by atoms with Crippen molar-refractivity contribution in [2.24, 2.45) is 0 Å². The predicted molar refractivity (Wildman–Crippen MR) is 71.4 cm³/mol. The van der Waals surface area contributed by atoms with Crippen LogP contribution in [0, 0.1) is 0 Å². The number of anilines is 1. The molecule has 1 rings (SSSR count). The quantitative estimate of drug-likeness (QED) is 0.645. The lowest BCUT2D eigenvalue weighted by Gasteiger charge is -2.17. The minimum Gasteiger partial charge on any atom is -0.399 e. The number of hydrogen-bond donors (Lipinski definition) is 1. The third-order valence-electron chi connectivity index (χ3n) is 2.40. The molecule has 0 aromatic heterocycles. The van der Waals surface area contributed by atoms with Crippen LogP contribution in [0.15, 0.2) is 22.7 Å². The van der Waals surface area contributed by atoms with Gasteiger partial charge in [0.25, 0.3) is 0 Å². The van der Waals surface area contributed by atoms with E-state index in [0.29, 0.717) is 0 Å². The predicted octanol–water partition coefficient (Wildman–Crippen LogP) is 2.50. The van der Waals surface area contributed by atoms with Gasteiger partial charge in [0.2, 0.25) is 0 Å². The molecular formula is C12H19BrN2O. The van der Waals surface area contributed by atoms with Gasteiger partial charge in [-0.3, -0.25) is 0 Å². The molecule has 0 heterocycles. The van der Waals surface area contributed by atoms with Crippen LogP contribution in [-0.2, 0) is 11.3 Å². The van der Waals surface area contributed by atoms with Crippen molar-refractivity contribution in [3.8, 4) is 0 Å². The summed E-state index contributed by atoms with van der Waals surface area (Å²) in [6, 6.07) is 5.91. The number of nitrogens with two attached hydrogens (primary N) is 1. The molecule has 0 aliphatic rings. The Balaban J connectivity index is 2.48. The van der Waals surface area contributed by atoms with Gasteiger partial charge >= 0.3 is 0 Å². The number of ether oxygens (including phenoxy) is 1. The van der Waals surface area contributed by atoms with E-state index in [1.807, 2.05) is 18.2 Å². The molecular weight excluding hydrogens is 268 g/mol. The fourth-order valence-corrected chi connectivity index (χ4v) is 1.94. The lowest BCUT2D eigenvalue weighted by Crippen LogP contribution is -2.20. The number of methoxy groups -OCH3 is 1. The zero-order valence-electron chi connectivity index (χ0n) is 9.87. The van der Waals surface area contributed by atoms with Crippen molar-refractivity contribution in [2.75, 3.05) is 33.0 Å². The molecule has 90 valence electrons. The lowest BCUT2D eigenvalue weighted by molar-refractivity contribution is 0.178. The molecule has 0 aliphatic heterocycles. The number of halogens is 1. The molecule has 1 aromatic rings. The van der Waals surface area contributed by atoms with Crippen LogP contribution in [0.25, 0.3) is 0 Å². The van der Waals surface area contributed by atoms with Gasteiger partial charge in [-0.2, -0.15) is 0 Å². The van der Waals surface area contributed by atoms with Gasteiger partial charge in [0.05, 0.1) is 0 Å².